The summed E-state index contributed by atoms with van der Waals surface area (Å²) in [6, 6.07) is 2.39. The Morgan fingerprint density at radius 2 is 2.15 bits per heavy atom. The number of amides is 1. The zero-order chi connectivity index (χ0) is 19.1. The summed E-state index contributed by atoms with van der Waals surface area (Å²) in [7, 11) is 3.24. The third-order valence-electron chi connectivity index (χ3n) is 5.93. The summed E-state index contributed by atoms with van der Waals surface area (Å²) < 4.78 is 15.5. The van der Waals surface area contributed by atoms with Crippen molar-refractivity contribution in [1.82, 2.24) is 15.0 Å². The second-order valence-corrected chi connectivity index (χ2v) is 7.67. The third-order valence-corrected chi connectivity index (χ3v) is 5.93. The topological polar surface area (TPSA) is 68.0 Å². The summed E-state index contributed by atoms with van der Waals surface area (Å²) in [5, 5.41) is 3.80. The SMILES string of the molecule is COCCN(C[C@@H]1CCCN2CCCC[C@H]12)C(=O)CCc1cc(OC)no1. The van der Waals surface area contributed by atoms with Crippen molar-refractivity contribution in [3.8, 4) is 5.88 Å². The first-order chi connectivity index (χ1) is 13.2. The summed E-state index contributed by atoms with van der Waals surface area (Å²) in [5.74, 6) is 1.87. The third kappa shape index (κ3) is 5.45. The van der Waals surface area contributed by atoms with E-state index < -0.39 is 0 Å². The largest absolute Gasteiger partial charge is 0.479 e. The number of hydrogen-bond acceptors (Lipinski definition) is 6. The molecule has 2 saturated heterocycles. The van der Waals surface area contributed by atoms with Gasteiger partial charge in [-0.15, -0.1) is 0 Å². The Balaban J connectivity index is 1.57. The van der Waals surface area contributed by atoms with E-state index in [0.717, 1.165) is 6.54 Å². The molecule has 1 aromatic heterocycles. The molecule has 0 N–H and O–H groups in total. The molecule has 1 amide bonds. The van der Waals surface area contributed by atoms with Gasteiger partial charge in [-0.05, 0) is 49.8 Å². The monoisotopic (exact) mass is 379 g/mol. The lowest BCUT2D eigenvalue weighted by atomic mass is 9.83. The fourth-order valence-electron chi connectivity index (χ4n) is 4.49. The van der Waals surface area contributed by atoms with Gasteiger partial charge in [-0.25, -0.2) is 0 Å². The van der Waals surface area contributed by atoms with Crippen molar-refractivity contribution in [2.45, 2.75) is 51.0 Å². The molecule has 0 saturated carbocycles. The first-order valence-corrected chi connectivity index (χ1v) is 10.2. The molecule has 7 nitrogen and oxygen atoms in total. The summed E-state index contributed by atoms with van der Waals surface area (Å²) in [4.78, 5) is 17.5. The quantitative estimate of drug-likeness (QED) is 0.656. The Hall–Kier alpha value is -1.60. The number of methoxy groups -OCH3 is 2. The Labute approximate surface area is 161 Å². The van der Waals surface area contributed by atoms with Crippen LogP contribution in [0.25, 0.3) is 0 Å². The van der Waals surface area contributed by atoms with Crippen LogP contribution in [-0.4, -0.2) is 73.9 Å². The number of carbonyl (C=O) groups excluding carboxylic acids is 1. The number of fused-ring (bicyclic) bond motifs is 1. The van der Waals surface area contributed by atoms with E-state index in [9.17, 15) is 4.79 Å². The number of ether oxygens (including phenoxy) is 2. The van der Waals surface area contributed by atoms with E-state index in [2.05, 4.69) is 10.1 Å². The lowest BCUT2D eigenvalue weighted by Crippen LogP contribution is -2.52. The van der Waals surface area contributed by atoms with Crippen LogP contribution in [0.5, 0.6) is 5.88 Å². The van der Waals surface area contributed by atoms with Gasteiger partial charge in [0.05, 0.1) is 13.7 Å². The van der Waals surface area contributed by atoms with E-state index in [1.165, 1.54) is 45.2 Å². The number of carbonyl (C=O) groups is 1. The van der Waals surface area contributed by atoms with Crippen LogP contribution >= 0.6 is 0 Å². The maximum absolute atomic E-state index is 12.9. The van der Waals surface area contributed by atoms with Gasteiger partial charge < -0.3 is 23.8 Å². The molecule has 0 spiro atoms. The second-order valence-electron chi connectivity index (χ2n) is 7.67. The molecular weight excluding hydrogens is 346 g/mol. The number of hydrogen-bond donors (Lipinski definition) is 0. The molecule has 3 heterocycles. The zero-order valence-electron chi connectivity index (χ0n) is 16.7. The molecule has 27 heavy (non-hydrogen) atoms. The van der Waals surface area contributed by atoms with Gasteiger partial charge in [-0.2, -0.15) is 0 Å². The van der Waals surface area contributed by atoms with E-state index >= 15 is 0 Å². The number of nitrogens with zero attached hydrogens (tertiary/aromatic N) is 3. The summed E-state index contributed by atoms with van der Waals surface area (Å²) in [6.07, 6.45) is 7.33. The molecule has 1 aromatic rings. The van der Waals surface area contributed by atoms with Crippen LogP contribution in [0.4, 0.5) is 0 Å². The average Bonchev–Trinajstić information content (AvgIpc) is 3.17. The molecule has 0 aromatic carbocycles. The standard InChI is InChI=1S/C20H33N3O4/c1-25-13-12-23(20(24)9-8-17-14-19(26-2)21-27-17)15-16-6-5-11-22-10-4-3-7-18(16)22/h14,16,18H,3-13,15H2,1-2H3/t16-,18+/m0/s1. The van der Waals surface area contributed by atoms with Crippen molar-refractivity contribution in [3.05, 3.63) is 11.8 Å². The van der Waals surface area contributed by atoms with Gasteiger partial charge in [0.15, 0.2) is 0 Å². The van der Waals surface area contributed by atoms with Crippen LogP contribution in [0.1, 0.15) is 44.3 Å². The Morgan fingerprint density at radius 1 is 1.30 bits per heavy atom. The van der Waals surface area contributed by atoms with Crippen molar-refractivity contribution in [2.75, 3.05) is 47.0 Å². The molecule has 0 bridgehead atoms. The van der Waals surface area contributed by atoms with Crippen LogP contribution in [0.15, 0.2) is 10.6 Å². The van der Waals surface area contributed by atoms with E-state index in [1.54, 1.807) is 20.3 Å². The highest BCUT2D eigenvalue weighted by Gasteiger charge is 2.34. The Bertz CT molecular complexity index is 590. The second kappa shape index (κ2) is 10.1. The number of aryl methyl sites for hydroxylation is 1. The maximum Gasteiger partial charge on any atom is 0.254 e. The fourth-order valence-corrected chi connectivity index (χ4v) is 4.49. The zero-order valence-corrected chi connectivity index (χ0v) is 16.7. The highest BCUT2D eigenvalue weighted by molar-refractivity contribution is 5.76. The van der Waals surface area contributed by atoms with Crippen LogP contribution < -0.4 is 4.74 Å². The Morgan fingerprint density at radius 3 is 2.93 bits per heavy atom. The van der Waals surface area contributed by atoms with Crippen molar-refractivity contribution in [3.63, 3.8) is 0 Å². The van der Waals surface area contributed by atoms with Gasteiger partial charge in [0.25, 0.3) is 5.88 Å². The predicted molar refractivity (Wildman–Crippen MR) is 102 cm³/mol. The summed E-state index contributed by atoms with van der Waals surface area (Å²) in [6.45, 7) is 4.51. The molecule has 2 fully saturated rings. The van der Waals surface area contributed by atoms with Gasteiger partial charge in [-0.1, -0.05) is 6.42 Å². The van der Waals surface area contributed by atoms with Crippen molar-refractivity contribution in [1.29, 1.82) is 0 Å². The van der Waals surface area contributed by atoms with E-state index in [-0.39, 0.29) is 5.91 Å². The minimum atomic E-state index is 0.162. The van der Waals surface area contributed by atoms with Crippen LogP contribution in [0, 0.1) is 5.92 Å². The molecule has 2 atom stereocenters. The van der Waals surface area contributed by atoms with Crippen LogP contribution in [-0.2, 0) is 16.0 Å². The highest BCUT2D eigenvalue weighted by atomic mass is 16.5. The molecule has 0 aliphatic carbocycles. The molecule has 7 heteroatoms. The number of aromatic nitrogens is 1. The number of piperidine rings is 2. The molecular formula is C20H33N3O4. The van der Waals surface area contributed by atoms with Gasteiger partial charge in [0, 0.05) is 45.1 Å². The highest BCUT2D eigenvalue weighted by Crippen LogP contribution is 2.31. The van der Waals surface area contributed by atoms with Crippen molar-refractivity contribution in [2.24, 2.45) is 5.92 Å². The van der Waals surface area contributed by atoms with Crippen LogP contribution in [0.2, 0.25) is 0 Å². The molecule has 2 aliphatic heterocycles. The lowest BCUT2D eigenvalue weighted by molar-refractivity contribution is -0.133. The average molecular weight is 380 g/mol. The minimum Gasteiger partial charge on any atom is -0.479 e. The normalized spacial score (nSPS) is 23.0. The van der Waals surface area contributed by atoms with Crippen LogP contribution in [0.3, 0.4) is 0 Å². The smallest absolute Gasteiger partial charge is 0.254 e. The molecule has 2 aliphatic rings. The lowest BCUT2D eigenvalue weighted by Gasteiger charge is -2.45. The Kier molecular flexibility index (Phi) is 7.52. The van der Waals surface area contributed by atoms with E-state index in [0.29, 0.717) is 49.6 Å². The molecule has 0 radical (unpaired) electrons. The predicted octanol–water partition coefficient (Wildman–Crippen LogP) is 2.36. The molecule has 3 rings (SSSR count). The number of rotatable bonds is 9. The van der Waals surface area contributed by atoms with Gasteiger partial charge in [-0.3, -0.25) is 4.79 Å². The summed E-state index contributed by atoms with van der Waals surface area (Å²) >= 11 is 0. The van der Waals surface area contributed by atoms with Gasteiger partial charge in [0.1, 0.15) is 5.76 Å². The maximum atomic E-state index is 12.9. The van der Waals surface area contributed by atoms with Gasteiger partial charge >= 0.3 is 0 Å². The van der Waals surface area contributed by atoms with Crippen molar-refractivity contribution >= 4 is 5.91 Å². The minimum absolute atomic E-state index is 0.162. The van der Waals surface area contributed by atoms with Crippen molar-refractivity contribution < 1.29 is 18.8 Å². The first-order valence-electron chi connectivity index (χ1n) is 10.2. The molecule has 152 valence electrons. The molecule has 0 unspecified atom stereocenters. The fraction of sp³-hybridized carbons (Fsp3) is 0.800. The van der Waals surface area contributed by atoms with E-state index in [4.69, 9.17) is 14.0 Å². The van der Waals surface area contributed by atoms with Gasteiger partial charge in [0.2, 0.25) is 5.91 Å². The summed E-state index contributed by atoms with van der Waals surface area (Å²) in [5.41, 5.74) is 0. The first kappa shape index (κ1) is 20.1. The van der Waals surface area contributed by atoms with E-state index in [1.807, 2.05) is 4.90 Å².